The largest absolute Gasteiger partial charge is 0.394 e. The van der Waals surface area contributed by atoms with Crippen molar-refractivity contribution >= 4 is 0 Å². The number of rotatable bonds is 8. The number of aliphatic hydroxyl groups excluding tert-OH is 11. The van der Waals surface area contributed by atoms with Gasteiger partial charge in [0.25, 0.3) is 0 Å². The third-order valence-electron chi connectivity index (χ3n) is 19.4. The van der Waals surface area contributed by atoms with Crippen LogP contribution in [0, 0.1) is 50.2 Å². The lowest BCUT2D eigenvalue weighted by atomic mass is 9.33. The summed E-state index contributed by atoms with van der Waals surface area (Å²) in [6.45, 7) is 18.3. The maximum Gasteiger partial charge on any atom is 0.187 e. The standard InChI is InChI=1S/C48H80O17/c1-21-31(52)34(55)36(57)40(61-21)60-20-48-24(16-43(3,4)17-28(48)50)23-10-11-27-45(7)14-13-30(44(5,6)26(45)12-15-46(27,8)47(23,9)18-29(48)51)64-42-38(59)39(32(53)22(2)62-42)65-41-37(58)35(56)33(54)25(19-49)63-41/h10,21-22,24-42,49-59H,11-20H2,1-9H3. The fourth-order valence-electron chi connectivity index (χ4n) is 15.3. The minimum Gasteiger partial charge on any atom is -0.394 e. The number of hydrogen-bond donors (Lipinski definition) is 11. The molecular weight excluding hydrogens is 849 g/mol. The Bertz CT molecular complexity index is 1750. The van der Waals surface area contributed by atoms with Gasteiger partial charge in [-0.1, -0.05) is 60.1 Å². The first-order chi connectivity index (χ1) is 30.2. The summed E-state index contributed by atoms with van der Waals surface area (Å²) < 4.78 is 36.4. The van der Waals surface area contributed by atoms with Gasteiger partial charge in [-0.3, -0.25) is 0 Å². The molecule has 0 aromatic rings. The van der Waals surface area contributed by atoms with E-state index in [1.54, 1.807) is 13.8 Å². The van der Waals surface area contributed by atoms with Crippen LogP contribution in [0.1, 0.15) is 114 Å². The summed E-state index contributed by atoms with van der Waals surface area (Å²) >= 11 is 0. The van der Waals surface area contributed by atoms with Crippen LogP contribution in [0.25, 0.3) is 0 Å². The molecule has 11 N–H and O–H groups in total. The second kappa shape index (κ2) is 17.4. The normalized spacial score (nSPS) is 56.4. The van der Waals surface area contributed by atoms with Crippen molar-refractivity contribution in [3.05, 3.63) is 11.6 Å². The molecule has 5 aliphatic carbocycles. The van der Waals surface area contributed by atoms with Crippen molar-refractivity contribution in [2.45, 2.75) is 224 Å². The molecule has 3 saturated heterocycles. The van der Waals surface area contributed by atoms with E-state index < -0.39 is 127 Å². The van der Waals surface area contributed by atoms with Crippen LogP contribution in [0.15, 0.2) is 11.6 Å². The van der Waals surface area contributed by atoms with E-state index in [2.05, 4.69) is 54.5 Å². The van der Waals surface area contributed by atoms with Crippen LogP contribution in [-0.2, 0) is 28.4 Å². The summed E-state index contributed by atoms with van der Waals surface area (Å²) in [5.74, 6) is 0.164. The molecule has 65 heavy (non-hydrogen) atoms. The number of aliphatic hydroxyl groups is 11. The van der Waals surface area contributed by atoms with Crippen molar-refractivity contribution in [2.75, 3.05) is 13.2 Å². The lowest BCUT2D eigenvalue weighted by molar-refractivity contribution is -0.366. The van der Waals surface area contributed by atoms with Crippen LogP contribution < -0.4 is 0 Å². The summed E-state index contributed by atoms with van der Waals surface area (Å²) in [5, 5.41) is 120. The molecular formula is C48H80O17. The molecule has 17 nitrogen and oxygen atoms in total. The van der Waals surface area contributed by atoms with Crippen molar-refractivity contribution in [3.8, 4) is 0 Å². The Morgan fingerprint density at radius 1 is 0.615 bits per heavy atom. The van der Waals surface area contributed by atoms with Crippen LogP contribution in [0.3, 0.4) is 0 Å². The van der Waals surface area contributed by atoms with Gasteiger partial charge in [-0.15, -0.1) is 0 Å². The maximum atomic E-state index is 12.7. The van der Waals surface area contributed by atoms with Crippen molar-refractivity contribution in [1.82, 2.24) is 0 Å². The zero-order chi connectivity index (χ0) is 47.7. The van der Waals surface area contributed by atoms with E-state index in [1.165, 1.54) is 5.57 Å². The molecule has 3 aliphatic heterocycles. The van der Waals surface area contributed by atoms with Gasteiger partial charge in [0, 0.05) is 0 Å². The Hall–Kier alpha value is -0.940. The van der Waals surface area contributed by atoms with E-state index in [9.17, 15) is 56.2 Å². The van der Waals surface area contributed by atoms with E-state index in [-0.39, 0.29) is 46.7 Å². The molecule has 17 heteroatoms. The van der Waals surface area contributed by atoms with E-state index in [4.69, 9.17) is 28.4 Å². The quantitative estimate of drug-likeness (QED) is 0.118. The summed E-state index contributed by atoms with van der Waals surface area (Å²) in [4.78, 5) is 0. The average Bonchev–Trinajstić information content (AvgIpc) is 3.22. The molecule has 0 spiro atoms. The van der Waals surface area contributed by atoms with Gasteiger partial charge in [-0.05, 0) is 110 Å². The number of allylic oxidation sites excluding steroid dienone is 2. The highest BCUT2D eigenvalue weighted by molar-refractivity contribution is 5.36. The fourth-order valence-corrected chi connectivity index (χ4v) is 15.3. The SMILES string of the molecule is CC1OC(OCC23C(O)CC(C)(C)CC2C2=CCC4C5(C)CCC(OC6OC(C)C(O)C(OC7OC(CO)C(O)C(O)C7O)C6O)C(C)(C)C5CCC4(C)C2(C)CC3O)C(O)C(O)C1O. The predicted molar refractivity (Wildman–Crippen MR) is 230 cm³/mol. The van der Waals surface area contributed by atoms with E-state index in [1.807, 2.05) is 0 Å². The Balaban J connectivity index is 1.03. The molecule has 7 fully saturated rings. The van der Waals surface area contributed by atoms with Gasteiger partial charge in [0.15, 0.2) is 18.9 Å². The molecule has 8 aliphatic rings. The third kappa shape index (κ3) is 7.76. The number of ether oxygens (including phenoxy) is 6. The monoisotopic (exact) mass is 929 g/mol. The van der Waals surface area contributed by atoms with E-state index in [0.717, 1.165) is 25.7 Å². The zero-order valence-corrected chi connectivity index (χ0v) is 39.6. The zero-order valence-electron chi connectivity index (χ0n) is 39.6. The summed E-state index contributed by atoms with van der Waals surface area (Å²) in [5.41, 5.74) is -1.37. The molecule has 25 unspecified atom stereocenters. The average molecular weight is 929 g/mol. The Morgan fingerprint density at radius 2 is 1.22 bits per heavy atom. The van der Waals surface area contributed by atoms with Gasteiger partial charge in [0.05, 0.1) is 49.1 Å². The van der Waals surface area contributed by atoms with Gasteiger partial charge in [0.2, 0.25) is 0 Å². The lowest BCUT2D eigenvalue weighted by Crippen LogP contribution is -2.70. The number of hydrogen-bond acceptors (Lipinski definition) is 17. The first-order valence-electron chi connectivity index (χ1n) is 24.2. The highest BCUT2D eigenvalue weighted by Gasteiger charge is 2.72. The van der Waals surface area contributed by atoms with E-state index in [0.29, 0.717) is 25.7 Å². The van der Waals surface area contributed by atoms with Crippen molar-refractivity contribution < 1.29 is 84.6 Å². The first-order valence-corrected chi connectivity index (χ1v) is 24.2. The fraction of sp³-hybridized carbons (Fsp3) is 0.958. The van der Waals surface area contributed by atoms with Crippen LogP contribution in [0.4, 0.5) is 0 Å². The van der Waals surface area contributed by atoms with Crippen LogP contribution in [0.5, 0.6) is 0 Å². The second-order valence-corrected chi connectivity index (χ2v) is 23.7. The van der Waals surface area contributed by atoms with Crippen LogP contribution in [-0.4, -0.2) is 180 Å². The molecule has 0 amide bonds. The predicted octanol–water partition coefficient (Wildman–Crippen LogP) is 0.611. The first kappa shape index (κ1) is 50.4. The lowest BCUT2D eigenvalue weighted by Gasteiger charge is -2.72. The van der Waals surface area contributed by atoms with Crippen molar-refractivity contribution in [1.29, 1.82) is 0 Å². The molecule has 8 rings (SSSR count). The van der Waals surface area contributed by atoms with Gasteiger partial charge in [-0.25, -0.2) is 0 Å². The minimum atomic E-state index is -1.73. The van der Waals surface area contributed by atoms with Crippen LogP contribution in [0.2, 0.25) is 0 Å². The highest BCUT2D eigenvalue weighted by atomic mass is 16.7. The molecule has 0 radical (unpaired) electrons. The molecule has 0 aromatic carbocycles. The summed E-state index contributed by atoms with van der Waals surface area (Å²) in [6, 6.07) is 0. The smallest absolute Gasteiger partial charge is 0.187 e. The second-order valence-electron chi connectivity index (χ2n) is 23.7. The summed E-state index contributed by atoms with van der Waals surface area (Å²) in [6.07, 6.45) is -14.8. The van der Waals surface area contributed by atoms with Gasteiger partial charge >= 0.3 is 0 Å². The molecule has 3 heterocycles. The van der Waals surface area contributed by atoms with Crippen LogP contribution >= 0.6 is 0 Å². The van der Waals surface area contributed by atoms with Crippen molar-refractivity contribution in [2.24, 2.45) is 50.2 Å². The van der Waals surface area contributed by atoms with Gasteiger partial charge < -0.3 is 84.6 Å². The molecule has 374 valence electrons. The van der Waals surface area contributed by atoms with Gasteiger partial charge in [0.1, 0.15) is 61.0 Å². The third-order valence-corrected chi connectivity index (χ3v) is 19.4. The Labute approximate surface area is 383 Å². The minimum absolute atomic E-state index is 0.103. The Kier molecular flexibility index (Phi) is 13.5. The van der Waals surface area contributed by atoms with Gasteiger partial charge in [-0.2, -0.15) is 0 Å². The topological polar surface area (TPSA) is 278 Å². The molecule has 0 aromatic heterocycles. The molecule has 4 saturated carbocycles. The van der Waals surface area contributed by atoms with Crippen molar-refractivity contribution in [3.63, 3.8) is 0 Å². The Morgan fingerprint density at radius 3 is 1.89 bits per heavy atom. The number of fused-ring (bicyclic) bond motifs is 7. The maximum absolute atomic E-state index is 12.7. The summed E-state index contributed by atoms with van der Waals surface area (Å²) in [7, 11) is 0. The molecule has 25 atom stereocenters. The highest BCUT2D eigenvalue weighted by Crippen LogP contribution is 2.76. The van der Waals surface area contributed by atoms with E-state index >= 15 is 0 Å². The molecule has 0 bridgehead atoms.